The van der Waals surface area contributed by atoms with Crippen molar-refractivity contribution in [2.24, 2.45) is 5.92 Å². The molecule has 2 heterocycles. The van der Waals surface area contributed by atoms with Gasteiger partial charge in [0, 0.05) is 46.1 Å². The number of hydrogen-bond acceptors (Lipinski definition) is 7. The highest BCUT2D eigenvalue weighted by Crippen LogP contribution is 2.65. The van der Waals surface area contributed by atoms with Crippen LogP contribution in [-0.2, 0) is 15.8 Å². The second-order valence-electron chi connectivity index (χ2n) is 16.2. The molecule has 10 rings (SSSR count). The monoisotopic (exact) mass is 785 g/mol. The number of morpholine rings is 1. The van der Waals surface area contributed by atoms with Crippen LogP contribution in [0.1, 0.15) is 60.4 Å². The van der Waals surface area contributed by atoms with Crippen LogP contribution in [0.25, 0.3) is 39.1 Å². The van der Waals surface area contributed by atoms with Gasteiger partial charge in [0.2, 0.25) is 0 Å². The molecule has 3 unspecified atom stereocenters. The molecule has 3 atom stereocenters. The van der Waals surface area contributed by atoms with Gasteiger partial charge in [0.25, 0.3) is 0 Å². The first kappa shape index (κ1) is 37.4. The number of ether oxygens (including phenoxy) is 6. The van der Waals surface area contributed by atoms with Gasteiger partial charge in [-0.3, -0.25) is 0 Å². The molecule has 6 aromatic rings. The summed E-state index contributed by atoms with van der Waals surface area (Å²) in [7, 11) is 6.92. The van der Waals surface area contributed by atoms with E-state index in [-0.39, 0.29) is 5.41 Å². The van der Waals surface area contributed by atoms with Crippen molar-refractivity contribution >= 4 is 22.5 Å². The normalized spacial score (nSPS) is 21.5. The SMILES string of the molecule is CCC1CCCC12c1ccccc1-c1c2c2c(c3cc(-c4ccc(OC)cc4)c(OC)cc13)OC(c1ccc(OC)cc1)(c1ccc(OC)c(N3CCOCC3)c1)C=C2. The van der Waals surface area contributed by atoms with Crippen molar-refractivity contribution in [3.8, 4) is 51.0 Å². The number of anilines is 1. The quantitative estimate of drug-likeness (QED) is 0.145. The lowest BCUT2D eigenvalue weighted by molar-refractivity contribution is 0.122. The lowest BCUT2D eigenvalue weighted by Gasteiger charge is -2.41. The average molecular weight is 786 g/mol. The fraction of sp³-hybridized carbons (Fsp3) is 0.308. The van der Waals surface area contributed by atoms with Crippen molar-refractivity contribution in [2.45, 2.75) is 43.6 Å². The van der Waals surface area contributed by atoms with Crippen LogP contribution in [0, 0.1) is 5.92 Å². The van der Waals surface area contributed by atoms with Gasteiger partial charge in [0.15, 0.2) is 5.60 Å². The number of methoxy groups -OCH3 is 4. The van der Waals surface area contributed by atoms with E-state index < -0.39 is 5.60 Å². The Morgan fingerprint density at radius 2 is 1.42 bits per heavy atom. The third kappa shape index (κ3) is 5.65. The first-order valence-corrected chi connectivity index (χ1v) is 21.0. The van der Waals surface area contributed by atoms with Crippen molar-refractivity contribution in [1.29, 1.82) is 0 Å². The van der Waals surface area contributed by atoms with Crippen LogP contribution in [0.4, 0.5) is 5.69 Å². The molecule has 2 aliphatic carbocycles. The minimum absolute atomic E-state index is 0.127. The van der Waals surface area contributed by atoms with E-state index in [1.807, 2.05) is 24.3 Å². The summed E-state index contributed by atoms with van der Waals surface area (Å²) in [5.41, 5.74) is 10.6. The largest absolute Gasteiger partial charge is 0.497 e. The Kier molecular flexibility index (Phi) is 9.32. The molecular weight excluding hydrogens is 735 g/mol. The molecule has 0 radical (unpaired) electrons. The lowest BCUT2D eigenvalue weighted by atomic mass is 9.67. The van der Waals surface area contributed by atoms with E-state index in [9.17, 15) is 0 Å². The number of hydrogen-bond donors (Lipinski definition) is 0. The molecular formula is C52H51NO6. The Morgan fingerprint density at radius 1 is 0.712 bits per heavy atom. The molecule has 7 nitrogen and oxygen atoms in total. The molecule has 1 saturated carbocycles. The molecule has 2 fully saturated rings. The molecule has 2 aliphatic heterocycles. The van der Waals surface area contributed by atoms with E-state index in [4.69, 9.17) is 28.4 Å². The van der Waals surface area contributed by atoms with Gasteiger partial charge >= 0.3 is 0 Å². The molecule has 300 valence electrons. The van der Waals surface area contributed by atoms with Gasteiger partial charge in [-0.25, -0.2) is 0 Å². The fourth-order valence-electron chi connectivity index (χ4n) is 10.9. The second kappa shape index (κ2) is 14.7. The van der Waals surface area contributed by atoms with Gasteiger partial charge in [-0.2, -0.15) is 0 Å². The van der Waals surface area contributed by atoms with E-state index >= 15 is 0 Å². The number of benzene rings is 6. The summed E-state index contributed by atoms with van der Waals surface area (Å²) in [5.74, 6) is 4.63. The molecule has 59 heavy (non-hydrogen) atoms. The van der Waals surface area contributed by atoms with Gasteiger partial charge in [-0.15, -0.1) is 0 Å². The maximum absolute atomic E-state index is 7.92. The smallest absolute Gasteiger partial charge is 0.178 e. The van der Waals surface area contributed by atoms with Crippen LogP contribution in [0.5, 0.6) is 28.7 Å². The summed E-state index contributed by atoms with van der Waals surface area (Å²) in [5, 5.41) is 2.19. The van der Waals surface area contributed by atoms with Crippen LogP contribution >= 0.6 is 0 Å². The van der Waals surface area contributed by atoms with Crippen molar-refractivity contribution in [3.05, 3.63) is 137 Å². The van der Waals surface area contributed by atoms with E-state index in [1.54, 1.807) is 28.4 Å². The zero-order valence-electron chi connectivity index (χ0n) is 34.6. The minimum atomic E-state index is -0.994. The van der Waals surface area contributed by atoms with Gasteiger partial charge in [0.05, 0.1) is 47.3 Å². The zero-order chi connectivity index (χ0) is 40.3. The Labute approximate surface area is 347 Å². The van der Waals surface area contributed by atoms with Crippen LogP contribution in [0.3, 0.4) is 0 Å². The Bertz CT molecular complexity index is 2590. The maximum atomic E-state index is 7.92. The fourth-order valence-corrected chi connectivity index (χ4v) is 10.9. The summed E-state index contributed by atoms with van der Waals surface area (Å²) in [4.78, 5) is 2.36. The highest BCUT2D eigenvalue weighted by Gasteiger charge is 2.53. The van der Waals surface area contributed by atoms with E-state index in [1.165, 1.54) is 40.7 Å². The summed E-state index contributed by atoms with van der Waals surface area (Å²) in [6.07, 6.45) is 9.29. The molecule has 4 aliphatic rings. The zero-order valence-corrected chi connectivity index (χ0v) is 34.6. The van der Waals surface area contributed by atoms with E-state index in [0.717, 1.165) is 93.4 Å². The van der Waals surface area contributed by atoms with Crippen molar-refractivity contribution < 1.29 is 28.4 Å². The van der Waals surface area contributed by atoms with Gasteiger partial charge in [0.1, 0.15) is 28.7 Å². The first-order chi connectivity index (χ1) is 29.0. The summed E-state index contributed by atoms with van der Waals surface area (Å²) in [6, 6.07) is 36.7. The van der Waals surface area contributed by atoms with Crippen molar-refractivity contribution in [3.63, 3.8) is 0 Å². The van der Waals surface area contributed by atoms with E-state index in [2.05, 4.69) is 103 Å². The van der Waals surface area contributed by atoms with Gasteiger partial charge < -0.3 is 33.3 Å². The average Bonchev–Trinajstić information content (AvgIpc) is 3.87. The van der Waals surface area contributed by atoms with E-state index in [0.29, 0.717) is 19.1 Å². The highest BCUT2D eigenvalue weighted by molar-refractivity contribution is 6.10. The standard InChI is InChI=1S/C52H51NO6/c1-6-34-10-9-24-51(34)44-12-8-7-11-39(44)48-42-32-47(57-5)41(33-13-18-37(54-2)19-14-33)31-43(42)50-40(49(48)51)23-25-52(59-50,35-15-20-38(55-3)21-16-35)36-17-22-46(56-4)45(30-36)53-26-28-58-29-27-53/h7-8,11-23,25,30-32,34H,6,9-10,24,26-29H2,1-5H3. The molecule has 0 aromatic heterocycles. The minimum Gasteiger partial charge on any atom is -0.497 e. The topological polar surface area (TPSA) is 58.6 Å². The van der Waals surface area contributed by atoms with Crippen LogP contribution in [0.15, 0.2) is 109 Å². The Morgan fingerprint density at radius 3 is 2.14 bits per heavy atom. The molecule has 0 N–H and O–H groups in total. The van der Waals surface area contributed by atoms with Crippen LogP contribution in [0.2, 0.25) is 0 Å². The second-order valence-corrected chi connectivity index (χ2v) is 16.2. The van der Waals surface area contributed by atoms with Gasteiger partial charge in [-0.1, -0.05) is 80.4 Å². The molecule has 0 bridgehead atoms. The van der Waals surface area contributed by atoms with Crippen LogP contribution in [-0.4, -0.2) is 54.7 Å². The number of rotatable bonds is 9. The highest BCUT2D eigenvalue weighted by atomic mass is 16.5. The van der Waals surface area contributed by atoms with Crippen LogP contribution < -0.4 is 28.6 Å². The molecule has 1 saturated heterocycles. The molecule has 7 heteroatoms. The maximum Gasteiger partial charge on any atom is 0.178 e. The Balaban J connectivity index is 1.29. The molecule has 0 amide bonds. The number of nitrogens with zero attached hydrogens (tertiary/aromatic N) is 1. The summed E-state index contributed by atoms with van der Waals surface area (Å²) >= 11 is 0. The number of fused-ring (bicyclic) bond motifs is 10. The predicted molar refractivity (Wildman–Crippen MR) is 236 cm³/mol. The third-order valence-corrected chi connectivity index (χ3v) is 13.7. The lowest BCUT2D eigenvalue weighted by Crippen LogP contribution is -2.38. The van der Waals surface area contributed by atoms with Crippen molar-refractivity contribution in [1.82, 2.24) is 0 Å². The molecule has 1 spiro atoms. The molecule has 6 aromatic carbocycles. The summed E-state index contributed by atoms with van der Waals surface area (Å²) in [6.45, 7) is 5.26. The van der Waals surface area contributed by atoms with Gasteiger partial charge in [-0.05, 0) is 107 Å². The third-order valence-electron chi connectivity index (χ3n) is 13.7. The summed E-state index contributed by atoms with van der Waals surface area (Å²) < 4.78 is 37.2. The first-order valence-electron chi connectivity index (χ1n) is 21.0. The van der Waals surface area contributed by atoms with Crippen molar-refractivity contribution in [2.75, 3.05) is 59.6 Å². The predicted octanol–water partition coefficient (Wildman–Crippen LogP) is 11.2. The Hall–Kier alpha value is -5.92.